The van der Waals surface area contributed by atoms with Gasteiger partial charge in [-0.2, -0.15) is 0 Å². The molecule has 2 rings (SSSR count). The molecule has 0 aromatic heterocycles. The summed E-state index contributed by atoms with van der Waals surface area (Å²) in [5.74, 6) is -0.0303. The van der Waals surface area contributed by atoms with Crippen molar-refractivity contribution in [3.8, 4) is 0 Å². The first-order valence-electron chi connectivity index (χ1n) is 5.46. The summed E-state index contributed by atoms with van der Waals surface area (Å²) in [4.78, 5) is 0. The Labute approximate surface area is 134 Å². The Kier molecular flexibility index (Phi) is 4.86. The van der Waals surface area contributed by atoms with Crippen molar-refractivity contribution in [3.63, 3.8) is 0 Å². The molecule has 3 nitrogen and oxygen atoms in total. The standard InChI is InChI=1S/C13H11BrINO2S/c14-12-8-11(6-7-13(12)15)16-19(17,18)9-10-4-2-1-3-5-10/h1-8,16H,9H2. The number of rotatable bonds is 4. The highest BCUT2D eigenvalue weighted by molar-refractivity contribution is 14.1. The maximum absolute atomic E-state index is 12.0. The lowest BCUT2D eigenvalue weighted by Crippen LogP contribution is -2.15. The molecule has 0 aliphatic carbocycles. The van der Waals surface area contributed by atoms with Crippen molar-refractivity contribution < 1.29 is 8.42 Å². The Hall–Kier alpha value is -0.600. The zero-order valence-electron chi connectivity index (χ0n) is 9.81. The molecule has 0 atom stereocenters. The molecule has 0 saturated heterocycles. The van der Waals surface area contributed by atoms with E-state index in [1.165, 1.54) is 0 Å². The lowest BCUT2D eigenvalue weighted by atomic mass is 10.2. The van der Waals surface area contributed by atoms with Gasteiger partial charge in [0, 0.05) is 13.7 Å². The normalized spacial score (nSPS) is 11.3. The smallest absolute Gasteiger partial charge is 0.236 e. The van der Waals surface area contributed by atoms with Crippen LogP contribution >= 0.6 is 38.5 Å². The van der Waals surface area contributed by atoms with Gasteiger partial charge in [-0.05, 0) is 62.3 Å². The average molecular weight is 452 g/mol. The van der Waals surface area contributed by atoms with Crippen LogP contribution in [0.4, 0.5) is 5.69 Å². The maximum Gasteiger partial charge on any atom is 0.236 e. The van der Waals surface area contributed by atoms with Crippen LogP contribution in [0.2, 0.25) is 0 Å². The van der Waals surface area contributed by atoms with Crippen LogP contribution in [0.3, 0.4) is 0 Å². The molecule has 100 valence electrons. The molecule has 0 radical (unpaired) electrons. The van der Waals surface area contributed by atoms with Crippen molar-refractivity contribution in [2.24, 2.45) is 0 Å². The van der Waals surface area contributed by atoms with Gasteiger partial charge in [0.05, 0.1) is 5.75 Å². The van der Waals surface area contributed by atoms with Crippen molar-refractivity contribution in [1.29, 1.82) is 0 Å². The highest BCUT2D eigenvalue weighted by atomic mass is 127. The molecule has 19 heavy (non-hydrogen) atoms. The van der Waals surface area contributed by atoms with Gasteiger partial charge in [0.2, 0.25) is 10.0 Å². The van der Waals surface area contributed by atoms with Crippen LogP contribution in [0.1, 0.15) is 5.56 Å². The molecule has 0 bridgehead atoms. The molecule has 0 saturated carbocycles. The molecule has 0 heterocycles. The molecule has 2 aromatic rings. The SMILES string of the molecule is O=S(=O)(Cc1ccccc1)Nc1ccc(I)c(Br)c1. The minimum absolute atomic E-state index is 0.0303. The zero-order chi connectivity index (χ0) is 13.9. The molecule has 0 aliphatic heterocycles. The molecular formula is C13H11BrINO2S. The molecule has 0 unspecified atom stereocenters. The first-order chi connectivity index (χ1) is 8.96. The van der Waals surface area contributed by atoms with Crippen molar-refractivity contribution >= 4 is 54.2 Å². The fraction of sp³-hybridized carbons (Fsp3) is 0.0769. The van der Waals surface area contributed by atoms with E-state index in [9.17, 15) is 8.42 Å². The second-order valence-electron chi connectivity index (χ2n) is 3.98. The van der Waals surface area contributed by atoms with Crippen LogP contribution in [0.5, 0.6) is 0 Å². The van der Waals surface area contributed by atoms with E-state index < -0.39 is 10.0 Å². The third-order valence-corrected chi connectivity index (χ3v) is 5.99. The van der Waals surface area contributed by atoms with Crippen LogP contribution in [0.15, 0.2) is 53.0 Å². The van der Waals surface area contributed by atoms with E-state index in [0.29, 0.717) is 5.69 Å². The topological polar surface area (TPSA) is 46.2 Å². The fourth-order valence-electron chi connectivity index (χ4n) is 1.57. The van der Waals surface area contributed by atoms with E-state index in [0.717, 1.165) is 13.6 Å². The monoisotopic (exact) mass is 451 g/mol. The molecule has 6 heteroatoms. The molecule has 1 N–H and O–H groups in total. The van der Waals surface area contributed by atoms with Gasteiger partial charge in [-0.25, -0.2) is 8.42 Å². The quantitative estimate of drug-likeness (QED) is 0.714. The lowest BCUT2D eigenvalue weighted by Gasteiger charge is -2.09. The predicted molar refractivity (Wildman–Crippen MR) is 89.5 cm³/mol. The molecule has 2 aromatic carbocycles. The van der Waals surface area contributed by atoms with Crippen molar-refractivity contribution in [2.45, 2.75) is 5.75 Å². The van der Waals surface area contributed by atoms with Gasteiger partial charge < -0.3 is 0 Å². The number of halogens is 2. The van der Waals surface area contributed by atoms with E-state index in [1.807, 2.05) is 24.3 Å². The number of sulfonamides is 1. The van der Waals surface area contributed by atoms with Gasteiger partial charge in [-0.1, -0.05) is 30.3 Å². The highest BCUT2D eigenvalue weighted by Gasteiger charge is 2.12. The van der Waals surface area contributed by atoms with Crippen LogP contribution in [0.25, 0.3) is 0 Å². The first kappa shape index (κ1) is 14.8. The highest BCUT2D eigenvalue weighted by Crippen LogP contribution is 2.23. The third-order valence-electron chi connectivity index (χ3n) is 2.39. The van der Waals surface area contributed by atoms with E-state index in [1.54, 1.807) is 24.3 Å². The Morgan fingerprint density at radius 1 is 1.11 bits per heavy atom. The van der Waals surface area contributed by atoms with Gasteiger partial charge in [-0.3, -0.25) is 4.72 Å². The lowest BCUT2D eigenvalue weighted by molar-refractivity contribution is 0.600. The summed E-state index contributed by atoms with van der Waals surface area (Å²) in [6.45, 7) is 0. The minimum atomic E-state index is -3.39. The maximum atomic E-state index is 12.0. The van der Waals surface area contributed by atoms with Crippen LogP contribution < -0.4 is 4.72 Å². The average Bonchev–Trinajstić information content (AvgIpc) is 2.34. The fourth-order valence-corrected chi connectivity index (χ4v) is 3.47. The van der Waals surface area contributed by atoms with Gasteiger partial charge in [0.15, 0.2) is 0 Å². The molecule has 0 amide bonds. The molecule has 0 fully saturated rings. The summed E-state index contributed by atoms with van der Waals surface area (Å²) in [5, 5.41) is 0. The van der Waals surface area contributed by atoms with Gasteiger partial charge in [0.1, 0.15) is 0 Å². The number of hydrogen-bond donors (Lipinski definition) is 1. The molecular weight excluding hydrogens is 441 g/mol. The van der Waals surface area contributed by atoms with Crippen molar-refractivity contribution in [1.82, 2.24) is 0 Å². The van der Waals surface area contributed by atoms with Gasteiger partial charge >= 0.3 is 0 Å². The molecule has 0 aliphatic rings. The second kappa shape index (κ2) is 6.23. The summed E-state index contributed by atoms with van der Waals surface area (Å²) >= 11 is 5.55. The molecule has 0 spiro atoms. The number of benzene rings is 2. The van der Waals surface area contributed by atoms with Gasteiger partial charge in [-0.15, -0.1) is 0 Å². The van der Waals surface area contributed by atoms with E-state index >= 15 is 0 Å². The predicted octanol–water partition coefficient (Wildman–Crippen LogP) is 4.00. The first-order valence-corrected chi connectivity index (χ1v) is 8.98. The summed E-state index contributed by atoms with van der Waals surface area (Å²) in [6, 6.07) is 14.5. The summed E-state index contributed by atoms with van der Waals surface area (Å²) in [5.41, 5.74) is 1.32. The summed E-state index contributed by atoms with van der Waals surface area (Å²) < 4.78 is 28.5. The Morgan fingerprint density at radius 3 is 2.42 bits per heavy atom. The largest absolute Gasteiger partial charge is 0.283 e. The number of nitrogens with one attached hydrogen (secondary N) is 1. The Bertz CT molecular complexity index is 674. The Balaban J connectivity index is 2.15. The van der Waals surface area contributed by atoms with Crippen LogP contribution in [-0.2, 0) is 15.8 Å². The summed E-state index contributed by atoms with van der Waals surface area (Å²) in [7, 11) is -3.39. The third kappa shape index (κ3) is 4.47. The van der Waals surface area contributed by atoms with Gasteiger partial charge in [0.25, 0.3) is 0 Å². The van der Waals surface area contributed by atoms with E-state index in [2.05, 4.69) is 43.2 Å². The van der Waals surface area contributed by atoms with Crippen molar-refractivity contribution in [2.75, 3.05) is 4.72 Å². The zero-order valence-corrected chi connectivity index (χ0v) is 14.4. The Morgan fingerprint density at radius 2 is 1.79 bits per heavy atom. The van der Waals surface area contributed by atoms with E-state index in [4.69, 9.17) is 0 Å². The minimum Gasteiger partial charge on any atom is -0.283 e. The summed E-state index contributed by atoms with van der Waals surface area (Å²) in [6.07, 6.45) is 0. The number of anilines is 1. The number of hydrogen-bond acceptors (Lipinski definition) is 2. The van der Waals surface area contributed by atoms with Crippen molar-refractivity contribution in [3.05, 3.63) is 62.1 Å². The van der Waals surface area contributed by atoms with E-state index in [-0.39, 0.29) is 5.75 Å². The van der Waals surface area contributed by atoms with Crippen LogP contribution in [-0.4, -0.2) is 8.42 Å². The second-order valence-corrected chi connectivity index (χ2v) is 7.71. The van der Waals surface area contributed by atoms with Crippen LogP contribution in [0, 0.1) is 3.57 Å².